The van der Waals surface area contributed by atoms with E-state index in [1.165, 1.54) is 5.56 Å². The molecule has 2 aromatic carbocycles. The highest BCUT2D eigenvalue weighted by molar-refractivity contribution is 6.01. The third kappa shape index (κ3) is 2.97. The molecule has 0 amide bonds. The SMILES string of the molecule is O=C1C[C@H](c2ccccc2)CC2=C1[C@H](c1ccncc1)Nc1ccccc1N2. The Labute approximate surface area is 164 Å². The Morgan fingerprint density at radius 3 is 2.29 bits per heavy atom. The van der Waals surface area contributed by atoms with Crippen molar-refractivity contribution in [2.75, 3.05) is 10.6 Å². The van der Waals surface area contributed by atoms with E-state index in [9.17, 15) is 4.79 Å². The van der Waals surface area contributed by atoms with Crippen LogP contribution in [0.15, 0.2) is 90.4 Å². The summed E-state index contributed by atoms with van der Waals surface area (Å²) in [5.74, 6) is 0.396. The number of pyridine rings is 1. The Hall–Kier alpha value is -3.40. The van der Waals surface area contributed by atoms with Crippen molar-refractivity contribution < 1.29 is 4.79 Å². The molecule has 4 nitrogen and oxygen atoms in total. The number of carbonyl (C=O) groups is 1. The maximum absolute atomic E-state index is 13.3. The molecule has 2 N–H and O–H groups in total. The first-order valence-electron chi connectivity index (χ1n) is 9.63. The standard InChI is InChI=1S/C24H21N3O/c28-22-15-18(16-6-2-1-3-7-16)14-21-23(22)24(17-10-12-25-13-11-17)27-20-9-5-4-8-19(20)26-21/h1-13,18,24,26-27H,14-15H2/t18-,24+/m1/s1. The van der Waals surface area contributed by atoms with Crippen LogP contribution in [0.4, 0.5) is 11.4 Å². The number of hydrogen-bond acceptors (Lipinski definition) is 4. The average molecular weight is 367 g/mol. The van der Waals surface area contributed by atoms with Gasteiger partial charge in [0.05, 0.1) is 17.4 Å². The molecule has 4 heteroatoms. The monoisotopic (exact) mass is 367 g/mol. The molecule has 1 aliphatic carbocycles. The van der Waals surface area contributed by atoms with E-state index in [2.05, 4.69) is 33.8 Å². The van der Waals surface area contributed by atoms with Crippen LogP contribution >= 0.6 is 0 Å². The average Bonchev–Trinajstić information content (AvgIpc) is 2.92. The van der Waals surface area contributed by atoms with Crippen LogP contribution in [0, 0.1) is 0 Å². The lowest BCUT2D eigenvalue weighted by Gasteiger charge is -2.29. The molecule has 2 heterocycles. The molecule has 0 saturated heterocycles. The lowest BCUT2D eigenvalue weighted by Crippen LogP contribution is -2.26. The van der Waals surface area contributed by atoms with Crippen molar-refractivity contribution >= 4 is 17.2 Å². The molecule has 1 aromatic heterocycles. The number of ketones is 1. The summed E-state index contributed by atoms with van der Waals surface area (Å²) in [4.78, 5) is 17.5. The molecule has 0 fully saturated rings. The summed E-state index contributed by atoms with van der Waals surface area (Å²) in [6.45, 7) is 0. The van der Waals surface area contributed by atoms with Gasteiger partial charge in [-0.25, -0.2) is 0 Å². The maximum atomic E-state index is 13.3. The summed E-state index contributed by atoms with van der Waals surface area (Å²) in [6, 6.07) is 22.2. The number of rotatable bonds is 2. The van der Waals surface area contributed by atoms with E-state index in [0.717, 1.165) is 34.6 Å². The molecular formula is C24H21N3O. The first-order chi connectivity index (χ1) is 13.8. The van der Waals surface area contributed by atoms with Gasteiger partial charge in [-0.05, 0) is 47.7 Å². The van der Waals surface area contributed by atoms with Crippen LogP contribution in [0.2, 0.25) is 0 Å². The zero-order valence-electron chi connectivity index (χ0n) is 15.4. The molecule has 2 atom stereocenters. The number of Topliss-reactive ketones (excluding diaryl/α,β-unsaturated/α-hetero) is 1. The van der Waals surface area contributed by atoms with E-state index < -0.39 is 0 Å². The fourth-order valence-corrected chi connectivity index (χ4v) is 4.26. The molecule has 1 aliphatic heterocycles. The second-order valence-corrected chi connectivity index (χ2v) is 7.36. The molecular weight excluding hydrogens is 346 g/mol. The largest absolute Gasteiger partial charge is 0.372 e. The van der Waals surface area contributed by atoms with Gasteiger partial charge in [-0.2, -0.15) is 0 Å². The number of hydrogen-bond donors (Lipinski definition) is 2. The normalized spacial score (nSPS) is 21.1. The first kappa shape index (κ1) is 16.8. The van der Waals surface area contributed by atoms with Crippen molar-refractivity contribution in [3.8, 4) is 0 Å². The van der Waals surface area contributed by atoms with E-state index in [1.54, 1.807) is 12.4 Å². The van der Waals surface area contributed by atoms with Gasteiger partial charge in [-0.15, -0.1) is 0 Å². The minimum absolute atomic E-state index is 0.182. The number of fused-ring (bicyclic) bond motifs is 1. The second-order valence-electron chi connectivity index (χ2n) is 7.36. The number of allylic oxidation sites excluding steroid dienone is 1. The highest BCUT2D eigenvalue weighted by Gasteiger charge is 2.35. The number of nitrogens with one attached hydrogen (secondary N) is 2. The van der Waals surface area contributed by atoms with Crippen LogP contribution in [-0.4, -0.2) is 10.8 Å². The topological polar surface area (TPSA) is 54.0 Å². The Morgan fingerprint density at radius 1 is 0.786 bits per heavy atom. The predicted octanol–water partition coefficient (Wildman–Crippen LogP) is 5.06. The van der Waals surface area contributed by atoms with Crippen LogP contribution in [0.25, 0.3) is 0 Å². The van der Waals surface area contributed by atoms with Crippen molar-refractivity contribution in [3.05, 3.63) is 102 Å². The molecule has 0 saturated carbocycles. The number of carbonyl (C=O) groups excluding carboxylic acids is 1. The van der Waals surface area contributed by atoms with Gasteiger partial charge in [-0.1, -0.05) is 42.5 Å². The lowest BCUT2D eigenvalue weighted by atomic mass is 9.78. The Balaban J connectivity index is 1.62. The van der Waals surface area contributed by atoms with Crippen molar-refractivity contribution in [2.45, 2.75) is 24.8 Å². The summed E-state index contributed by atoms with van der Waals surface area (Å²) >= 11 is 0. The maximum Gasteiger partial charge on any atom is 0.163 e. The molecule has 0 bridgehead atoms. The van der Waals surface area contributed by atoms with Gasteiger partial charge in [0, 0.05) is 30.1 Å². The number of benzene rings is 2. The lowest BCUT2D eigenvalue weighted by molar-refractivity contribution is -0.116. The number of anilines is 2. The molecule has 0 spiro atoms. The van der Waals surface area contributed by atoms with Crippen molar-refractivity contribution in [1.82, 2.24) is 4.98 Å². The quantitative estimate of drug-likeness (QED) is 0.665. The van der Waals surface area contributed by atoms with E-state index >= 15 is 0 Å². The molecule has 3 aromatic rings. The predicted molar refractivity (Wildman–Crippen MR) is 111 cm³/mol. The van der Waals surface area contributed by atoms with Gasteiger partial charge in [-0.3, -0.25) is 9.78 Å². The molecule has 138 valence electrons. The fourth-order valence-electron chi connectivity index (χ4n) is 4.26. The Bertz CT molecular complexity index is 1040. The van der Waals surface area contributed by atoms with Gasteiger partial charge in [0.1, 0.15) is 0 Å². The minimum Gasteiger partial charge on any atom is -0.372 e. The zero-order valence-corrected chi connectivity index (χ0v) is 15.4. The van der Waals surface area contributed by atoms with Crippen LogP contribution in [-0.2, 0) is 4.79 Å². The van der Waals surface area contributed by atoms with Gasteiger partial charge < -0.3 is 10.6 Å². The number of para-hydroxylation sites is 2. The van der Waals surface area contributed by atoms with E-state index in [0.29, 0.717) is 6.42 Å². The van der Waals surface area contributed by atoms with Crippen molar-refractivity contribution in [3.63, 3.8) is 0 Å². The smallest absolute Gasteiger partial charge is 0.163 e. The van der Waals surface area contributed by atoms with Crippen molar-refractivity contribution in [2.24, 2.45) is 0 Å². The molecule has 5 rings (SSSR count). The van der Waals surface area contributed by atoms with E-state index in [4.69, 9.17) is 0 Å². The summed E-state index contributed by atoms with van der Waals surface area (Å²) in [6.07, 6.45) is 4.91. The molecule has 0 unspecified atom stereocenters. The van der Waals surface area contributed by atoms with Crippen LogP contribution in [0.3, 0.4) is 0 Å². The third-order valence-corrected chi connectivity index (χ3v) is 5.62. The van der Waals surface area contributed by atoms with E-state index in [-0.39, 0.29) is 17.7 Å². The third-order valence-electron chi connectivity index (χ3n) is 5.62. The Kier molecular flexibility index (Phi) is 4.17. The highest BCUT2D eigenvalue weighted by Crippen LogP contribution is 2.43. The summed E-state index contributed by atoms with van der Waals surface area (Å²) in [5, 5.41) is 7.16. The molecule has 28 heavy (non-hydrogen) atoms. The summed E-state index contributed by atoms with van der Waals surface area (Å²) in [5.41, 5.74) is 6.14. The van der Waals surface area contributed by atoms with Crippen LogP contribution < -0.4 is 10.6 Å². The van der Waals surface area contributed by atoms with Gasteiger partial charge in [0.15, 0.2) is 5.78 Å². The fraction of sp³-hybridized carbons (Fsp3) is 0.167. The van der Waals surface area contributed by atoms with Crippen molar-refractivity contribution in [1.29, 1.82) is 0 Å². The van der Waals surface area contributed by atoms with Crippen LogP contribution in [0.1, 0.15) is 35.9 Å². The van der Waals surface area contributed by atoms with E-state index in [1.807, 2.05) is 48.5 Å². The number of nitrogens with zero attached hydrogens (tertiary/aromatic N) is 1. The minimum atomic E-state index is -0.182. The molecule has 2 aliphatic rings. The second kappa shape index (κ2) is 6.97. The van der Waals surface area contributed by atoms with Gasteiger partial charge >= 0.3 is 0 Å². The summed E-state index contributed by atoms with van der Waals surface area (Å²) < 4.78 is 0. The zero-order chi connectivity index (χ0) is 18.9. The number of aromatic nitrogens is 1. The first-order valence-corrected chi connectivity index (χ1v) is 9.63. The van der Waals surface area contributed by atoms with Gasteiger partial charge in [0.25, 0.3) is 0 Å². The highest BCUT2D eigenvalue weighted by atomic mass is 16.1. The van der Waals surface area contributed by atoms with Gasteiger partial charge in [0.2, 0.25) is 0 Å². The Morgan fingerprint density at radius 2 is 1.50 bits per heavy atom. The molecule has 0 radical (unpaired) electrons. The van der Waals surface area contributed by atoms with Crippen LogP contribution in [0.5, 0.6) is 0 Å². The summed E-state index contributed by atoms with van der Waals surface area (Å²) in [7, 11) is 0.